The third kappa shape index (κ3) is 3.56. The number of amides is 3. The number of carboxylic acids is 1. The quantitative estimate of drug-likeness (QED) is 0.784. The molecular formula is C15H18ClN3O4. The first-order chi connectivity index (χ1) is 10.8. The molecular weight excluding hydrogens is 322 g/mol. The molecule has 124 valence electrons. The number of aliphatic carboxylic acids is 1. The Labute approximate surface area is 138 Å². The summed E-state index contributed by atoms with van der Waals surface area (Å²) >= 11 is 6.04. The minimum atomic E-state index is -0.939. The van der Waals surface area contributed by atoms with Gasteiger partial charge in [-0.1, -0.05) is 11.6 Å². The van der Waals surface area contributed by atoms with Gasteiger partial charge in [0.1, 0.15) is 0 Å². The van der Waals surface area contributed by atoms with Crippen LogP contribution in [0.2, 0.25) is 5.02 Å². The zero-order valence-corrected chi connectivity index (χ0v) is 13.6. The minimum absolute atomic E-state index is 0.126. The molecule has 0 bridgehead atoms. The van der Waals surface area contributed by atoms with Gasteiger partial charge < -0.3 is 20.6 Å². The number of likely N-dealkylation sites (tertiary alicyclic amines) is 1. The standard InChI is InChI=1S/C15H18ClN3O4/c1-15(13(21)22)5-6-19(8-15)14(23)18-11-7-9(12(20)17-2)3-4-10(11)16/h3-4,7H,5-6,8H2,1-2H3,(H,17,20)(H,18,23)(H,21,22). The van der Waals surface area contributed by atoms with Crippen LogP contribution in [0.5, 0.6) is 0 Å². The molecule has 0 saturated carbocycles. The third-order valence-electron chi connectivity index (χ3n) is 3.97. The molecule has 7 nitrogen and oxygen atoms in total. The molecule has 2 rings (SSSR count). The van der Waals surface area contributed by atoms with E-state index in [1.54, 1.807) is 13.0 Å². The van der Waals surface area contributed by atoms with Crippen molar-refractivity contribution in [2.24, 2.45) is 5.41 Å². The monoisotopic (exact) mass is 339 g/mol. The average molecular weight is 340 g/mol. The van der Waals surface area contributed by atoms with Gasteiger partial charge in [0.05, 0.1) is 16.1 Å². The largest absolute Gasteiger partial charge is 0.481 e. The van der Waals surface area contributed by atoms with Crippen molar-refractivity contribution in [3.8, 4) is 0 Å². The summed E-state index contributed by atoms with van der Waals surface area (Å²) in [5.41, 5.74) is -0.267. The van der Waals surface area contributed by atoms with Crippen LogP contribution < -0.4 is 10.6 Å². The first kappa shape index (κ1) is 17.1. The average Bonchev–Trinajstić information content (AvgIpc) is 2.92. The Balaban J connectivity index is 2.12. The second-order valence-corrected chi connectivity index (χ2v) is 6.15. The molecule has 1 aliphatic heterocycles. The molecule has 1 aromatic carbocycles. The number of anilines is 1. The lowest BCUT2D eigenvalue weighted by molar-refractivity contribution is -0.146. The summed E-state index contributed by atoms with van der Waals surface area (Å²) in [5.74, 6) is -1.22. The van der Waals surface area contributed by atoms with E-state index in [1.165, 1.54) is 24.1 Å². The second-order valence-electron chi connectivity index (χ2n) is 5.74. The van der Waals surface area contributed by atoms with E-state index in [2.05, 4.69) is 10.6 Å². The Morgan fingerprint density at radius 1 is 1.35 bits per heavy atom. The number of nitrogens with one attached hydrogen (secondary N) is 2. The van der Waals surface area contributed by atoms with Crippen LogP contribution in [0.4, 0.5) is 10.5 Å². The van der Waals surface area contributed by atoms with Crippen LogP contribution in [-0.2, 0) is 4.79 Å². The lowest BCUT2D eigenvalue weighted by Crippen LogP contribution is -2.37. The molecule has 1 heterocycles. The summed E-state index contributed by atoms with van der Waals surface area (Å²) in [6.07, 6.45) is 0.391. The molecule has 1 fully saturated rings. The van der Waals surface area contributed by atoms with E-state index < -0.39 is 17.4 Å². The van der Waals surface area contributed by atoms with Crippen molar-refractivity contribution in [1.82, 2.24) is 10.2 Å². The minimum Gasteiger partial charge on any atom is -0.481 e. The predicted molar refractivity (Wildman–Crippen MR) is 85.8 cm³/mol. The number of benzene rings is 1. The van der Waals surface area contributed by atoms with Gasteiger partial charge in [-0.3, -0.25) is 9.59 Å². The highest BCUT2D eigenvalue weighted by Gasteiger charge is 2.42. The van der Waals surface area contributed by atoms with Crippen molar-refractivity contribution in [2.45, 2.75) is 13.3 Å². The highest BCUT2D eigenvalue weighted by atomic mass is 35.5. The van der Waals surface area contributed by atoms with Gasteiger partial charge >= 0.3 is 12.0 Å². The van der Waals surface area contributed by atoms with Gasteiger partial charge in [0, 0.05) is 25.7 Å². The molecule has 0 radical (unpaired) electrons. The van der Waals surface area contributed by atoms with Gasteiger partial charge in [0.2, 0.25) is 0 Å². The molecule has 23 heavy (non-hydrogen) atoms. The SMILES string of the molecule is CNC(=O)c1ccc(Cl)c(NC(=O)N2CCC(C)(C(=O)O)C2)c1. The fourth-order valence-corrected chi connectivity index (χ4v) is 2.57. The topological polar surface area (TPSA) is 98.7 Å². The fourth-order valence-electron chi connectivity index (χ4n) is 2.41. The van der Waals surface area contributed by atoms with E-state index in [0.717, 1.165) is 0 Å². The van der Waals surface area contributed by atoms with Crippen molar-refractivity contribution in [2.75, 3.05) is 25.5 Å². The van der Waals surface area contributed by atoms with E-state index in [9.17, 15) is 19.5 Å². The zero-order chi connectivity index (χ0) is 17.2. The number of hydrogen-bond donors (Lipinski definition) is 3. The molecule has 1 saturated heterocycles. The van der Waals surface area contributed by atoms with Crippen LogP contribution in [0.25, 0.3) is 0 Å². The molecule has 1 aromatic rings. The molecule has 3 amide bonds. The maximum absolute atomic E-state index is 12.3. The lowest BCUT2D eigenvalue weighted by Gasteiger charge is -2.21. The molecule has 1 unspecified atom stereocenters. The molecule has 0 aromatic heterocycles. The molecule has 3 N–H and O–H groups in total. The normalized spacial score (nSPS) is 20.2. The van der Waals surface area contributed by atoms with Crippen LogP contribution in [0.15, 0.2) is 18.2 Å². The molecule has 0 aliphatic carbocycles. The van der Waals surface area contributed by atoms with Crippen LogP contribution in [0, 0.1) is 5.41 Å². The Hall–Kier alpha value is -2.28. The van der Waals surface area contributed by atoms with Gasteiger partial charge in [-0.15, -0.1) is 0 Å². The Morgan fingerprint density at radius 2 is 2.04 bits per heavy atom. The number of carbonyl (C=O) groups is 3. The number of halogens is 1. The maximum atomic E-state index is 12.3. The summed E-state index contributed by atoms with van der Waals surface area (Å²) in [7, 11) is 1.51. The Bertz CT molecular complexity index is 664. The summed E-state index contributed by atoms with van der Waals surface area (Å²) in [5, 5.41) is 14.6. The van der Waals surface area contributed by atoms with Crippen LogP contribution in [-0.4, -0.2) is 48.1 Å². The van der Waals surface area contributed by atoms with Gasteiger partial charge in [0.25, 0.3) is 5.91 Å². The van der Waals surface area contributed by atoms with Gasteiger partial charge in [-0.25, -0.2) is 4.79 Å². The van der Waals surface area contributed by atoms with Gasteiger partial charge in [-0.2, -0.15) is 0 Å². The Morgan fingerprint density at radius 3 is 2.61 bits per heavy atom. The van der Waals surface area contributed by atoms with E-state index in [0.29, 0.717) is 29.2 Å². The molecule has 0 spiro atoms. The second kappa shape index (κ2) is 6.45. The zero-order valence-electron chi connectivity index (χ0n) is 12.9. The number of urea groups is 1. The first-order valence-corrected chi connectivity index (χ1v) is 7.45. The van der Waals surface area contributed by atoms with E-state index in [-0.39, 0.29) is 12.5 Å². The highest BCUT2D eigenvalue weighted by molar-refractivity contribution is 6.33. The van der Waals surface area contributed by atoms with Crippen molar-refractivity contribution in [1.29, 1.82) is 0 Å². The smallest absolute Gasteiger partial charge is 0.321 e. The first-order valence-electron chi connectivity index (χ1n) is 7.08. The number of nitrogens with zero attached hydrogens (tertiary/aromatic N) is 1. The van der Waals surface area contributed by atoms with Gasteiger partial charge in [0.15, 0.2) is 0 Å². The van der Waals surface area contributed by atoms with Crippen molar-refractivity contribution < 1.29 is 19.5 Å². The van der Waals surface area contributed by atoms with E-state index >= 15 is 0 Å². The molecule has 1 atom stereocenters. The van der Waals surface area contributed by atoms with E-state index in [1.807, 2.05) is 0 Å². The number of hydrogen-bond acceptors (Lipinski definition) is 3. The predicted octanol–water partition coefficient (Wildman–Crippen LogP) is 2.03. The summed E-state index contributed by atoms with van der Waals surface area (Å²) in [6, 6.07) is 4.11. The maximum Gasteiger partial charge on any atom is 0.321 e. The fraction of sp³-hybridized carbons (Fsp3) is 0.400. The Kier molecular flexibility index (Phi) is 4.79. The van der Waals surface area contributed by atoms with Crippen LogP contribution in [0.1, 0.15) is 23.7 Å². The third-order valence-corrected chi connectivity index (χ3v) is 4.30. The number of rotatable bonds is 3. The van der Waals surface area contributed by atoms with Crippen LogP contribution in [0.3, 0.4) is 0 Å². The summed E-state index contributed by atoms with van der Waals surface area (Å²) < 4.78 is 0. The van der Waals surface area contributed by atoms with Gasteiger partial charge in [-0.05, 0) is 31.5 Å². The highest BCUT2D eigenvalue weighted by Crippen LogP contribution is 2.31. The number of carboxylic acid groups (broad SMARTS) is 1. The molecule has 8 heteroatoms. The summed E-state index contributed by atoms with van der Waals surface area (Å²) in [4.78, 5) is 36.6. The van der Waals surface area contributed by atoms with Crippen molar-refractivity contribution in [3.05, 3.63) is 28.8 Å². The summed E-state index contributed by atoms with van der Waals surface area (Å²) in [6.45, 7) is 2.09. The van der Waals surface area contributed by atoms with Crippen molar-refractivity contribution in [3.63, 3.8) is 0 Å². The van der Waals surface area contributed by atoms with Crippen molar-refractivity contribution >= 4 is 35.2 Å². The lowest BCUT2D eigenvalue weighted by atomic mass is 9.90. The van der Waals surface area contributed by atoms with Crippen LogP contribution >= 0.6 is 11.6 Å². The van der Waals surface area contributed by atoms with E-state index in [4.69, 9.17) is 11.6 Å². The number of carbonyl (C=O) groups excluding carboxylic acids is 2. The molecule has 1 aliphatic rings.